The van der Waals surface area contributed by atoms with E-state index in [1.807, 2.05) is 0 Å². The van der Waals surface area contributed by atoms with Crippen LogP contribution in [0.4, 0.5) is 0 Å². The fourth-order valence-corrected chi connectivity index (χ4v) is 2.00. The summed E-state index contributed by atoms with van der Waals surface area (Å²) in [6.07, 6.45) is 1.92. The molecule has 2 heteroatoms. The molecular formula is C7H14N2. The Kier molecular flexibility index (Phi) is 0.945. The summed E-state index contributed by atoms with van der Waals surface area (Å²) < 4.78 is 0. The first-order valence-electron chi connectivity index (χ1n) is 3.68. The van der Waals surface area contributed by atoms with Gasteiger partial charge in [0.1, 0.15) is 0 Å². The largest absolute Gasteiger partial charge is 0.300 e. The number of piperidine rings is 1. The van der Waals surface area contributed by atoms with Gasteiger partial charge in [-0.25, -0.2) is 0 Å². The minimum absolute atomic E-state index is 0.489. The highest BCUT2D eigenvalue weighted by Crippen LogP contribution is 2.34. The monoisotopic (exact) mass is 126 g/mol. The third kappa shape index (κ3) is 0.700. The lowest BCUT2D eigenvalue weighted by molar-refractivity contribution is 0.259. The molecule has 2 heterocycles. The minimum Gasteiger partial charge on any atom is -0.300 e. The topological polar surface area (TPSA) is 24.1 Å². The highest BCUT2D eigenvalue weighted by molar-refractivity contribution is 5.01. The second-order valence-electron chi connectivity index (χ2n) is 3.90. The van der Waals surface area contributed by atoms with Gasteiger partial charge in [0.05, 0.1) is 6.17 Å². The van der Waals surface area contributed by atoms with E-state index in [2.05, 4.69) is 24.5 Å². The first-order valence-corrected chi connectivity index (χ1v) is 3.68. The van der Waals surface area contributed by atoms with Crippen LogP contribution in [0.5, 0.6) is 0 Å². The molecule has 0 aromatic carbocycles. The fourth-order valence-electron chi connectivity index (χ4n) is 2.00. The van der Waals surface area contributed by atoms with Gasteiger partial charge < -0.3 is 0 Å². The smallest absolute Gasteiger partial charge is 0.0628 e. The summed E-state index contributed by atoms with van der Waals surface area (Å²) in [5.74, 6) is 0. The van der Waals surface area contributed by atoms with Crippen LogP contribution in [0.15, 0.2) is 0 Å². The van der Waals surface area contributed by atoms with Gasteiger partial charge in [-0.2, -0.15) is 0 Å². The molecule has 0 saturated carbocycles. The maximum Gasteiger partial charge on any atom is 0.0628 e. The van der Waals surface area contributed by atoms with Crippen LogP contribution in [0, 0.1) is 5.41 Å². The zero-order valence-corrected chi connectivity index (χ0v) is 6.07. The Labute approximate surface area is 56.0 Å². The first kappa shape index (κ1) is 5.69. The van der Waals surface area contributed by atoms with Crippen LogP contribution >= 0.6 is 0 Å². The summed E-state index contributed by atoms with van der Waals surface area (Å²) in [6, 6.07) is 0.755. The zero-order chi connectivity index (χ0) is 6.48. The molecule has 0 spiro atoms. The van der Waals surface area contributed by atoms with E-state index >= 15 is 0 Å². The van der Waals surface area contributed by atoms with Crippen molar-refractivity contribution in [2.24, 2.45) is 5.41 Å². The van der Waals surface area contributed by atoms with Crippen LogP contribution in [-0.4, -0.2) is 18.8 Å². The predicted molar refractivity (Wildman–Crippen MR) is 37.1 cm³/mol. The van der Waals surface area contributed by atoms with E-state index in [-0.39, 0.29) is 0 Å². The van der Waals surface area contributed by atoms with Crippen molar-refractivity contribution < 1.29 is 0 Å². The van der Waals surface area contributed by atoms with Gasteiger partial charge in [-0.15, -0.1) is 0 Å². The maximum atomic E-state index is 3.51. The average Bonchev–Trinajstić information content (AvgIpc) is 2.19. The predicted octanol–water partition coefficient (Wildman–Crippen LogP) is 0.304. The Hall–Kier alpha value is -0.0800. The summed E-state index contributed by atoms with van der Waals surface area (Å²) in [6.45, 7) is 5.81. The number of rotatable bonds is 0. The molecule has 0 aliphatic carbocycles. The molecule has 2 atom stereocenters. The number of fused-ring (bicyclic) bond motifs is 2. The van der Waals surface area contributed by atoms with E-state index < -0.39 is 0 Å². The number of hydrogen-bond acceptors (Lipinski definition) is 2. The Morgan fingerprint density at radius 3 is 2.44 bits per heavy atom. The normalized spacial score (nSPS) is 46.0. The van der Waals surface area contributed by atoms with E-state index in [0.717, 1.165) is 6.04 Å². The molecule has 0 radical (unpaired) electrons. The van der Waals surface area contributed by atoms with Crippen molar-refractivity contribution in [1.82, 2.24) is 10.6 Å². The van der Waals surface area contributed by atoms with E-state index in [1.165, 1.54) is 13.0 Å². The summed E-state index contributed by atoms with van der Waals surface area (Å²) in [7, 11) is 0. The third-order valence-corrected chi connectivity index (χ3v) is 2.52. The first-order chi connectivity index (χ1) is 4.18. The zero-order valence-electron chi connectivity index (χ0n) is 6.07. The van der Waals surface area contributed by atoms with Crippen molar-refractivity contribution in [3.8, 4) is 0 Å². The van der Waals surface area contributed by atoms with E-state index in [9.17, 15) is 0 Å². The van der Waals surface area contributed by atoms with Gasteiger partial charge in [0.15, 0.2) is 0 Å². The van der Waals surface area contributed by atoms with Crippen molar-refractivity contribution in [1.29, 1.82) is 0 Å². The van der Waals surface area contributed by atoms with E-state index in [1.54, 1.807) is 0 Å². The molecule has 2 aliphatic heterocycles. The second-order valence-corrected chi connectivity index (χ2v) is 3.90. The Morgan fingerprint density at radius 1 is 1.44 bits per heavy atom. The van der Waals surface area contributed by atoms with Crippen LogP contribution in [0.1, 0.15) is 20.3 Å². The van der Waals surface area contributed by atoms with Gasteiger partial charge in [0.2, 0.25) is 0 Å². The lowest BCUT2D eigenvalue weighted by atomic mass is 9.85. The molecule has 2 N–H and O–H groups in total. The van der Waals surface area contributed by atoms with Crippen LogP contribution in [-0.2, 0) is 0 Å². The van der Waals surface area contributed by atoms with Crippen molar-refractivity contribution in [2.45, 2.75) is 32.5 Å². The number of hydrogen-bond donors (Lipinski definition) is 2. The van der Waals surface area contributed by atoms with E-state index in [0.29, 0.717) is 11.6 Å². The summed E-state index contributed by atoms with van der Waals surface area (Å²) >= 11 is 0. The fraction of sp³-hybridized carbons (Fsp3) is 1.00. The Morgan fingerprint density at radius 2 is 2.22 bits per heavy atom. The number of nitrogens with one attached hydrogen (secondary N) is 2. The molecule has 2 aliphatic rings. The summed E-state index contributed by atoms with van der Waals surface area (Å²) in [5.41, 5.74) is 0.489. The molecule has 2 fully saturated rings. The molecule has 0 aromatic rings. The quantitative estimate of drug-likeness (QED) is 0.488. The van der Waals surface area contributed by atoms with Crippen LogP contribution in [0.2, 0.25) is 0 Å². The van der Waals surface area contributed by atoms with Crippen molar-refractivity contribution in [3.05, 3.63) is 0 Å². The maximum absolute atomic E-state index is 3.51. The Bertz CT molecular complexity index is 131. The molecule has 0 aromatic heterocycles. The molecular weight excluding hydrogens is 112 g/mol. The minimum atomic E-state index is 0.489. The molecule has 52 valence electrons. The molecule has 2 rings (SSSR count). The Balaban J connectivity index is 2.18. The molecule has 2 saturated heterocycles. The van der Waals surface area contributed by atoms with Gasteiger partial charge in [-0.1, -0.05) is 13.8 Å². The van der Waals surface area contributed by atoms with Gasteiger partial charge >= 0.3 is 0 Å². The molecule has 2 bridgehead atoms. The van der Waals surface area contributed by atoms with Crippen LogP contribution in [0.3, 0.4) is 0 Å². The standard InChI is InChI=1S/C7H14N2/c1-7(2)3-5-4-8-6(7)9-5/h5-6,8-9H,3-4H2,1-2H3. The molecule has 9 heavy (non-hydrogen) atoms. The second kappa shape index (κ2) is 1.50. The SMILES string of the molecule is CC1(C)CC2CNC1N2. The highest BCUT2D eigenvalue weighted by Gasteiger charge is 2.44. The van der Waals surface area contributed by atoms with Gasteiger partial charge in [-0.3, -0.25) is 10.6 Å². The van der Waals surface area contributed by atoms with Gasteiger partial charge in [0, 0.05) is 12.6 Å². The van der Waals surface area contributed by atoms with Crippen LogP contribution < -0.4 is 10.6 Å². The van der Waals surface area contributed by atoms with Crippen molar-refractivity contribution in [3.63, 3.8) is 0 Å². The van der Waals surface area contributed by atoms with E-state index in [4.69, 9.17) is 0 Å². The van der Waals surface area contributed by atoms with Gasteiger partial charge in [-0.05, 0) is 11.8 Å². The lowest BCUT2D eigenvalue weighted by Crippen LogP contribution is -2.41. The van der Waals surface area contributed by atoms with Crippen molar-refractivity contribution in [2.75, 3.05) is 6.54 Å². The van der Waals surface area contributed by atoms with Gasteiger partial charge in [0.25, 0.3) is 0 Å². The molecule has 2 unspecified atom stereocenters. The van der Waals surface area contributed by atoms with Crippen molar-refractivity contribution >= 4 is 0 Å². The third-order valence-electron chi connectivity index (χ3n) is 2.52. The van der Waals surface area contributed by atoms with Crippen LogP contribution in [0.25, 0.3) is 0 Å². The highest BCUT2D eigenvalue weighted by atomic mass is 15.3. The summed E-state index contributed by atoms with van der Waals surface area (Å²) in [5, 5.41) is 6.94. The average molecular weight is 126 g/mol. The molecule has 0 amide bonds. The lowest BCUT2D eigenvalue weighted by Gasteiger charge is -2.28. The summed E-state index contributed by atoms with van der Waals surface area (Å²) in [4.78, 5) is 0. The molecule has 2 nitrogen and oxygen atoms in total.